The molecule has 0 radical (unpaired) electrons. The lowest BCUT2D eigenvalue weighted by atomic mass is 9.96. The maximum absolute atomic E-state index is 6.23. The van der Waals surface area contributed by atoms with Crippen molar-refractivity contribution in [2.45, 2.75) is 75.5 Å². The van der Waals surface area contributed by atoms with Gasteiger partial charge in [0.25, 0.3) is 0 Å². The number of hydrogen-bond acceptors (Lipinski definition) is 4. The van der Waals surface area contributed by atoms with Gasteiger partial charge in [-0.05, 0) is 95.7 Å². The molecule has 1 unspecified atom stereocenters. The van der Waals surface area contributed by atoms with Crippen LogP contribution in [0, 0.1) is 27.7 Å². The van der Waals surface area contributed by atoms with E-state index in [1.54, 1.807) is 0 Å². The first-order valence-corrected chi connectivity index (χ1v) is 9.47. The summed E-state index contributed by atoms with van der Waals surface area (Å²) in [6.45, 7) is 20.5. The highest BCUT2D eigenvalue weighted by Gasteiger charge is 2.23. The summed E-state index contributed by atoms with van der Waals surface area (Å²) in [4.78, 5) is 0. The van der Waals surface area contributed by atoms with Gasteiger partial charge in [0.1, 0.15) is 11.4 Å². The second kappa shape index (κ2) is 8.12. The van der Waals surface area contributed by atoms with Gasteiger partial charge in [-0.3, -0.25) is 0 Å². The Balaban J connectivity index is 2.86. The number of fused-ring (bicyclic) bond motifs is 1. The Kier molecular flexibility index (Phi) is 6.30. The number of benzene rings is 1. The monoisotopic (exact) mass is 368 g/mol. The summed E-state index contributed by atoms with van der Waals surface area (Å²) in [7, 11) is 0. The van der Waals surface area contributed by atoms with Crippen LogP contribution in [0.15, 0.2) is 44.5 Å². The van der Waals surface area contributed by atoms with Gasteiger partial charge in [-0.15, -0.1) is 10.2 Å². The highest BCUT2D eigenvalue weighted by atomic mass is 16.7. The van der Waals surface area contributed by atoms with Gasteiger partial charge in [0.2, 0.25) is 6.29 Å². The predicted molar refractivity (Wildman–Crippen MR) is 112 cm³/mol. The normalized spacial score (nSPS) is 17.4. The highest BCUT2D eigenvalue weighted by Crippen LogP contribution is 2.42. The lowest BCUT2D eigenvalue weighted by molar-refractivity contribution is -0.0265. The molecule has 0 amide bonds. The third-order valence-corrected chi connectivity index (χ3v) is 5.53. The Hall–Kier alpha value is -2.36. The van der Waals surface area contributed by atoms with Crippen LogP contribution in [0.3, 0.4) is 0 Å². The quantitative estimate of drug-likeness (QED) is 0.550. The third kappa shape index (κ3) is 4.00. The minimum atomic E-state index is -0.461. The molecule has 0 spiro atoms. The van der Waals surface area contributed by atoms with Crippen molar-refractivity contribution in [1.29, 1.82) is 0 Å². The molecule has 0 saturated heterocycles. The first-order valence-electron chi connectivity index (χ1n) is 9.47. The van der Waals surface area contributed by atoms with Crippen LogP contribution < -0.4 is 4.74 Å². The molecule has 0 bridgehead atoms. The molecule has 27 heavy (non-hydrogen) atoms. The lowest BCUT2D eigenvalue weighted by Crippen LogP contribution is -2.18. The van der Waals surface area contributed by atoms with Crippen LogP contribution in [0.2, 0.25) is 0 Å². The van der Waals surface area contributed by atoms with Crippen molar-refractivity contribution in [2.75, 3.05) is 0 Å². The highest BCUT2D eigenvalue weighted by molar-refractivity contribution is 5.66. The molecular weight excluding hydrogens is 336 g/mol. The van der Waals surface area contributed by atoms with Crippen LogP contribution in [0.4, 0.5) is 5.69 Å². The first kappa shape index (κ1) is 20.9. The van der Waals surface area contributed by atoms with Crippen LogP contribution in [0.25, 0.3) is 0 Å². The van der Waals surface area contributed by atoms with E-state index in [-0.39, 0.29) is 0 Å². The van der Waals surface area contributed by atoms with Gasteiger partial charge in [-0.1, -0.05) is 11.6 Å². The van der Waals surface area contributed by atoms with Crippen LogP contribution in [0.1, 0.15) is 63.8 Å². The van der Waals surface area contributed by atoms with E-state index in [0.717, 1.165) is 39.4 Å². The van der Waals surface area contributed by atoms with Gasteiger partial charge in [0.05, 0.1) is 0 Å². The zero-order valence-electron chi connectivity index (χ0n) is 18.4. The van der Waals surface area contributed by atoms with E-state index in [0.29, 0.717) is 5.76 Å². The fourth-order valence-electron chi connectivity index (χ4n) is 2.97. The molecule has 1 aliphatic heterocycles. The van der Waals surface area contributed by atoms with E-state index < -0.39 is 6.29 Å². The molecule has 1 aromatic rings. The molecule has 1 aliphatic rings. The van der Waals surface area contributed by atoms with Crippen LogP contribution >= 0.6 is 0 Å². The van der Waals surface area contributed by atoms with E-state index in [9.17, 15) is 0 Å². The molecule has 0 aromatic heterocycles. The van der Waals surface area contributed by atoms with E-state index >= 15 is 0 Å². The number of allylic oxidation sites excluding steroid dienone is 4. The van der Waals surface area contributed by atoms with E-state index in [1.165, 1.54) is 16.7 Å². The Bertz CT molecular complexity index is 882. The third-order valence-electron chi connectivity index (χ3n) is 5.53. The number of rotatable bonds is 2. The van der Waals surface area contributed by atoms with Crippen molar-refractivity contribution >= 4 is 5.69 Å². The van der Waals surface area contributed by atoms with Gasteiger partial charge in [0.15, 0.2) is 11.5 Å². The summed E-state index contributed by atoms with van der Waals surface area (Å²) < 4.78 is 12.5. The Labute approximate surface area is 163 Å². The number of ether oxygens (including phenoxy) is 2. The summed E-state index contributed by atoms with van der Waals surface area (Å²) in [5.41, 5.74) is 9.38. The van der Waals surface area contributed by atoms with Crippen LogP contribution in [-0.4, -0.2) is 6.29 Å². The molecule has 4 nitrogen and oxygen atoms in total. The average Bonchev–Trinajstić information content (AvgIpc) is 2.70. The molecule has 0 fully saturated rings. The molecule has 146 valence electrons. The Morgan fingerprint density at radius 3 is 2.00 bits per heavy atom. The first-order chi connectivity index (χ1) is 12.6. The van der Waals surface area contributed by atoms with Crippen LogP contribution in [-0.2, 0) is 4.74 Å². The molecular formula is C23H32N2O2. The summed E-state index contributed by atoms with van der Waals surface area (Å²) >= 11 is 0. The van der Waals surface area contributed by atoms with Gasteiger partial charge in [-0.25, -0.2) is 0 Å². The zero-order valence-corrected chi connectivity index (χ0v) is 18.4. The van der Waals surface area contributed by atoms with Gasteiger partial charge >= 0.3 is 0 Å². The van der Waals surface area contributed by atoms with Gasteiger partial charge in [0, 0.05) is 6.92 Å². The summed E-state index contributed by atoms with van der Waals surface area (Å²) in [5.74, 6) is 1.46. The second-order valence-corrected chi connectivity index (χ2v) is 7.46. The SMILES string of the molecule is CC=C(C)C1=C(C(C)=C(C)C)N=Nc2c(C)c(C)c(C)c(C)c2OC(C)O1. The number of azo groups is 1. The van der Waals surface area contributed by atoms with Crippen molar-refractivity contribution in [3.63, 3.8) is 0 Å². The van der Waals surface area contributed by atoms with Crippen LogP contribution in [0.5, 0.6) is 5.75 Å². The maximum atomic E-state index is 6.23. The van der Waals surface area contributed by atoms with E-state index in [2.05, 4.69) is 58.7 Å². The van der Waals surface area contributed by atoms with Crippen molar-refractivity contribution < 1.29 is 9.47 Å². The summed E-state index contributed by atoms with van der Waals surface area (Å²) in [6.07, 6.45) is 1.56. The van der Waals surface area contributed by atoms with Crippen molar-refractivity contribution in [1.82, 2.24) is 0 Å². The molecule has 4 heteroatoms. The minimum Gasteiger partial charge on any atom is -0.453 e. The van der Waals surface area contributed by atoms with Crippen molar-refractivity contribution in [3.05, 3.63) is 56.5 Å². The average molecular weight is 369 g/mol. The molecule has 0 aliphatic carbocycles. The Morgan fingerprint density at radius 1 is 0.852 bits per heavy atom. The maximum Gasteiger partial charge on any atom is 0.238 e. The fourth-order valence-corrected chi connectivity index (χ4v) is 2.97. The van der Waals surface area contributed by atoms with Crippen molar-refractivity contribution in [2.24, 2.45) is 10.2 Å². The Morgan fingerprint density at radius 2 is 1.44 bits per heavy atom. The fraction of sp³-hybridized carbons (Fsp3) is 0.478. The van der Waals surface area contributed by atoms with E-state index in [4.69, 9.17) is 9.47 Å². The smallest absolute Gasteiger partial charge is 0.238 e. The zero-order chi connectivity index (χ0) is 20.5. The number of hydrogen-bond donors (Lipinski definition) is 0. The topological polar surface area (TPSA) is 43.2 Å². The minimum absolute atomic E-state index is 0.461. The van der Waals surface area contributed by atoms with Gasteiger partial charge < -0.3 is 9.47 Å². The van der Waals surface area contributed by atoms with Gasteiger partial charge in [-0.2, -0.15) is 0 Å². The molecule has 1 aromatic carbocycles. The molecule has 0 N–H and O–H groups in total. The summed E-state index contributed by atoms with van der Waals surface area (Å²) in [6, 6.07) is 0. The second-order valence-electron chi connectivity index (χ2n) is 7.46. The predicted octanol–water partition coefficient (Wildman–Crippen LogP) is 7.29. The van der Waals surface area contributed by atoms with Crippen molar-refractivity contribution in [3.8, 4) is 5.75 Å². The standard InChI is InChI=1S/C23H32N2O2/c1-11-13(4)22-20(14(5)12(2)3)24-25-21-17(8)15(6)16(7)18(9)23(21)27-19(10)26-22/h11,19H,1-10H3. The van der Waals surface area contributed by atoms with E-state index in [1.807, 2.05) is 26.8 Å². The number of nitrogens with zero attached hydrogens (tertiary/aromatic N) is 2. The molecule has 1 heterocycles. The molecule has 1 atom stereocenters. The largest absolute Gasteiger partial charge is 0.453 e. The summed E-state index contributed by atoms with van der Waals surface area (Å²) in [5, 5.41) is 9.32. The molecule has 2 rings (SSSR count). The lowest BCUT2D eigenvalue weighted by Gasteiger charge is -2.23. The molecule has 0 saturated carbocycles.